The Labute approximate surface area is 136 Å². The van der Waals surface area contributed by atoms with E-state index in [4.69, 9.17) is 9.15 Å². The predicted octanol–water partition coefficient (Wildman–Crippen LogP) is 3.32. The van der Waals surface area contributed by atoms with E-state index < -0.39 is 0 Å². The third kappa shape index (κ3) is 3.64. The highest BCUT2D eigenvalue weighted by molar-refractivity contribution is 7.13. The number of carbonyl (C=O) groups excluding carboxylic acids is 1. The van der Waals surface area contributed by atoms with E-state index in [1.165, 1.54) is 11.3 Å². The summed E-state index contributed by atoms with van der Waals surface area (Å²) in [6.45, 7) is 0. The number of hydrogen-bond donors (Lipinski definition) is 1. The van der Waals surface area contributed by atoms with Crippen LogP contribution in [0.15, 0.2) is 52.6 Å². The van der Waals surface area contributed by atoms with Gasteiger partial charge in [0.1, 0.15) is 17.0 Å². The number of hydrogen-bond acceptors (Lipinski definition) is 6. The lowest BCUT2D eigenvalue weighted by Crippen LogP contribution is -2.13. The Morgan fingerprint density at radius 3 is 2.74 bits per heavy atom. The molecule has 6 nitrogen and oxygen atoms in total. The Morgan fingerprint density at radius 2 is 2.13 bits per heavy atom. The number of aromatic nitrogens is 2. The third-order valence-corrected chi connectivity index (χ3v) is 3.66. The number of methoxy groups -OCH3 is 1. The number of benzene rings is 1. The molecule has 23 heavy (non-hydrogen) atoms. The SMILES string of the molecule is COc1ccc(/C(=C\c2ccco2)C(=O)Nc2nncs2)cc1. The molecule has 0 saturated carbocycles. The fourth-order valence-electron chi connectivity index (χ4n) is 1.96. The average Bonchev–Trinajstić information content (AvgIpc) is 3.26. The fourth-order valence-corrected chi connectivity index (χ4v) is 2.40. The van der Waals surface area contributed by atoms with Gasteiger partial charge in [0.2, 0.25) is 5.13 Å². The Kier molecular flexibility index (Phi) is 4.49. The van der Waals surface area contributed by atoms with E-state index in [0.717, 1.165) is 11.3 Å². The van der Waals surface area contributed by atoms with Crippen LogP contribution in [0, 0.1) is 0 Å². The molecule has 0 radical (unpaired) electrons. The monoisotopic (exact) mass is 327 g/mol. The van der Waals surface area contributed by atoms with E-state index in [0.29, 0.717) is 16.5 Å². The van der Waals surface area contributed by atoms with Gasteiger partial charge in [0.05, 0.1) is 18.9 Å². The number of nitrogens with zero attached hydrogens (tertiary/aromatic N) is 2. The number of amides is 1. The Morgan fingerprint density at radius 1 is 1.30 bits per heavy atom. The molecule has 0 aliphatic carbocycles. The number of anilines is 1. The molecule has 0 atom stereocenters. The maximum Gasteiger partial charge on any atom is 0.258 e. The second-order valence-corrected chi connectivity index (χ2v) is 5.33. The molecule has 0 unspecified atom stereocenters. The van der Waals surface area contributed by atoms with Crippen LogP contribution < -0.4 is 10.1 Å². The molecule has 3 aromatic rings. The summed E-state index contributed by atoms with van der Waals surface area (Å²) in [5.74, 6) is 1.02. The molecular weight excluding hydrogens is 314 g/mol. The molecule has 0 aliphatic rings. The molecule has 0 spiro atoms. The van der Waals surface area contributed by atoms with Crippen LogP contribution in [0.2, 0.25) is 0 Å². The number of carbonyl (C=O) groups is 1. The van der Waals surface area contributed by atoms with Gasteiger partial charge >= 0.3 is 0 Å². The smallest absolute Gasteiger partial charge is 0.258 e. The summed E-state index contributed by atoms with van der Waals surface area (Å²) in [7, 11) is 1.59. The van der Waals surface area contributed by atoms with Crippen molar-refractivity contribution in [2.45, 2.75) is 0 Å². The van der Waals surface area contributed by atoms with Crippen molar-refractivity contribution >= 4 is 34.0 Å². The molecule has 0 aliphatic heterocycles. The first-order valence-electron chi connectivity index (χ1n) is 6.73. The van der Waals surface area contributed by atoms with Crippen LogP contribution in [-0.4, -0.2) is 23.2 Å². The minimum Gasteiger partial charge on any atom is -0.497 e. The van der Waals surface area contributed by atoms with E-state index in [-0.39, 0.29) is 5.91 Å². The second kappa shape index (κ2) is 6.89. The van der Waals surface area contributed by atoms with Gasteiger partial charge in [-0.2, -0.15) is 0 Å². The summed E-state index contributed by atoms with van der Waals surface area (Å²) in [5, 5.41) is 10.7. The number of ether oxygens (including phenoxy) is 1. The van der Waals surface area contributed by atoms with Crippen LogP contribution in [0.4, 0.5) is 5.13 Å². The topological polar surface area (TPSA) is 77.2 Å². The summed E-state index contributed by atoms with van der Waals surface area (Å²) >= 11 is 1.25. The summed E-state index contributed by atoms with van der Waals surface area (Å²) in [4.78, 5) is 12.6. The van der Waals surface area contributed by atoms with E-state index >= 15 is 0 Å². The summed E-state index contributed by atoms with van der Waals surface area (Å²) < 4.78 is 10.5. The molecule has 1 aromatic carbocycles. The lowest BCUT2D eigenvalue weighted by atomic mass is 10.0. The largest absolute Gasteiger partial charge is 0.497 e. The third-order valence-electron chi connectivity index (χ3n) is 3.06. The molecule has 1 N–H and O–H groups in total. The highest BCUT2D eigenvalue weighted by Gasteiger charge is 2.15. The fraction of sp³-hybridized carbons (Fsp3) is 0.0625. The van der Waals surface area contributed by atoms with Crippen LogP contribution in [0.1, 0.15) is 11.3 Å². The lowest BCUT2D eigenvalue weighted by molar-refractivity contribution is -0.111. The quantitative estimate of drug-likeness (QED) is 0.727. The number of furan rings is 1. The molecule has 0 fully saturated rings. The molecule has 1 amide bonds. The van der Waals surface area contributed by atoms with Crippen molar-refractivity contribution in [1.29, 1.82) is 0 Å². The van der Waals surface area contributed by atoms with Crippen molar-refractivity contribution < 1.29 is 13.9 Å². The lowest BCUT2D eigenvalue weighted by Gasteiger charge is -2.08. The molecule has 0 saturated heterocycles. The number of rotatable bonds is 5. The molecular formula is C16H13N3O3S. The molecule has 2 heterocycles. The predicted molar refractivity (Wildman–Crippen MR) is 88.1 cm³/mol. The van der Waals surface area contributed by atoms with Crippen molar-refractivity contribution in [3.8, 4) is 5.75 Å². The van der Waals surface area contributed by atoms with Crippen molar-refractivity contribution in [2.24, 2.45) is 0 Å². The van der Waals surface area contributed by atoms with Crippen molar-refractivity contribution in [3.63, 3.8) is 0 Å². The molecule has 0 bridgehead atoms. The van der Waals surface area contributed by atoms with E-state index in [2.05, 4.69) is 15.5 Å². The average molecular weight is 327 g/mol. The first kappa shape index (κ1) is 15.0. The first-order valence-corrected chi connectivity index (χ1v) is 7.61. The maximum absolute atomic E-state index is 12.6. The van der Waals surface area contributed by atoms with Crippen LogP contribution in [-0.2, 0) is 4.79 Å². The van der Waals surface area contributed by atoms with Gasteiger partial charge < -0.3 is 9.15 Å². The molecule has 116 valence electrons. The molecule has 7 heteroatoms. The summed E-state index contributed by atoms with van der Waals surface area (Å²) in [6, 6.07) is 10.8. The standard InChI is InChI=1S/C16H13N3O3S/c1-21-12-6-4-11(5-7-12)14(9-13-3-2-8-22-13)15(20)18-16-19-17-10-23-16/h2-10H,1H3,(H,18,19,20)/b14-9+. The van der Waals surface area contributed by atoms with Gasteiger partial charge in [-0.25, -0.2) is 0 Å². The van der Waals surface area contributed by atoms with Crippen molar-refractivity contribution in [1.82, 2.24) is 10.2 Å². The Bertz CT molecular complexity index is 794. The van der Waals surface area contributed by atoms with Gasteiger partial charge in [-0.15, -0.1) is 10.2 Å². The molecule has 3 rings (SSSR count). The van der Waals surface area contributed by atoms with Crippen molar-refractivity contribution in [3.05, 3.63) is 59.5 Å². The van der Waals surface area contributed by atoms with Crippen LogP contribution in [0.3, 0.4) is 0 Å². The van der Waals surface area contributed by atoms with Crippen LogP contribution in [0.25, 0.3) is 11.6 Å². The van der Waals surface area contributed by atoms with E-state index in [1.807, 2.05) is 12.1 Å². The van der Waals surface area contributed by atoms with Crippen LogP contribution >= 0.6 is 11.3 Å². The zero-order chi connectivity index (χ0) is 16.1. The Balaban J connectivity index is 1.94. The zero-order valence-electron chi connectivity index (χ0n) is 12.2. The molecule has 2 aromatic heterocycles. The van der Waals surface area contributed by atoms with E-state index in [9.17, 15) is 4.79 Å². The minimum atomic E-state index is -0.289. The van der Waals surface area contributed by atoms with Gasteiger partial charge in [0.15, 0.2) is 0 Å². The zero-order valence-corrected chi connectivity index (χ0v) is 13.0. The maximum atomic E-state index is 12.6. The summed E-state index contributed by atoms with van der Waals surface area (Å²) in [6.07, 6.45) is 3.23. The van der Waals surface area contributed by atoms with Crippen LogP contribution in [0.5, 0.6) is 5.75 Å². The number of nitrogens with one attached hydrogen (secondary N) is 1. The minimum absolute atomic E-state index is 0.289. The van der Waals surface area contributed by atoms with Crippen molar-refractivity contribution in [2.75, 3.05) is 12.4 Å². The Hall–Kier alpha value is -2.93. The van der Waals surface area contributed by atoms with Gasteiger partial charge in [-0.3, -0.25) is 10.1 Å². The van der Waals surface area contributed by atoms with E-state index in [1.54, 1.807) is 49.2 Å². The highest BCUT2D eigenvalue weighted by atomic mass is 32.1. The summed E-state index contributed by atoms with van der Waals surface area (Å²) in [5.41, 5.74) is 2.75. The van der Waals surface area contributed by atoms with Gasteiger partial charge in [-0.05, 0) is 35.9 Å². The van der Waals surface area contributed by atoms with Gasteiger partial charge in [0.25, 0.3) is 5.91 Å². The normalized spacial score (nSPS) is 11.3. The first-order chi connectivity index (χ1) is 11.3. The van der Waals surface area contributed by atoms with Gasteiger partial charge in [-0.1, -0.05) is 23.5 Å². The van der Waals surface area contributed by atoms with Gasteiger partial charge in [0, 0.05) is 0 Å². The second-order valence-electron chi connectivity index (χ2n) is 4.50. The highest BCUT2D eigenvalue weighted by Crippen LogP contribution is 2.23.